The smallest absolute Gasteiger partial charge is 0.0688 e. The molecule has 0 spiro atoms. The first-order chi connectivity index (χ1) is 5.44. The lowest BCUT2D eigenvalue weighted by molar-refractivity contribution is 0.0840. The number of hydrogen-bond acceptors (Lipinski definition) is 2. The highest BCUT2D eigenvalue weighted by molar-refractivity contribution is 5.14. The van der Waals surface area contributed by atoms with Crippen LogP contribution in [0.3, 0.4) is 0 Å². The summed E-state index contributed by atoms with van der Waals surface area (Å²) in [5.74, 6) is 0. The van der Waals surface area contributed by atoms with Crippen molar-refractivity contribution >= 4 is 0 Å². The third-order valence-corrected chi connectivity index (χ3v) is 3.52. The zero-order chi connectivity index (χ0) is 9.41. The van der Waals surface area contributed by atoms with Crippen molar-refractivity contribution in [2.24, 2.45) is 16.6 Å². The van der Waals surface area contributed by atoms with Gasteiger partial charge in [-0.05, 0) is 23.8 Å². The van der Waals surface area contributed by atoms with Crippen molar-refractivity contribution in [3.8, 4) is 0 Å². The summed E-state index contributed by atoms with van der Waals surface area (Å²) in [6.45, 7) is 10.6. The van der Waals surface area contributed by atoms with Crippen molar-refractivity contribution in [1.29, 1.82) is 0 Å². The van der Waals surface area contributed by atoms with E-state index in [1.54, 1.807) is 0 Å². The summed E-state index contributed by atoms with van der Waals surface area (Å²) in [7, 11) is 0. The second-order valence-electron chi connectivity index (χ2n) is 4.84. The minimum Gasteiger partial charge on any atom is -0.377 e. The summed E-state index contributed by atoms with van der Waals surface area (Å²) in [5.41, 5.74) is 6.09. The Morgan fingerprint density at radius 3 is 2.00 bits per heavy atom. The average Bonchev–Trinajstić information content (AvgIpc) is 2.32. The second-order valence-corrected chi connectivity index (χ2v) is 4.84. The molecule has 0 radical (unpaired) electrons. The van der Waals surface area contributed by atoms with Crippen molar-refractivity contribution in [2.75, 3.05) is 13.2 Å². The highest BCUT2D eigenvalue weighted by atomic mass is 16.5. The van der Waals surface area contributed by atoms with Gasteiger partial charge in [-0.15, -0.1) is 0 Å². The van der Waals surface area contributed by atoms with Gasteiger partial charge >= 0.3 is 0 Å². The quantitative estimate of drug-likeness (QED) is 0.654. The summed E-state index contributed by atoms with van der Waals surface area (Å²) >= 11 is 0. The molecule has 0 aromatic rings. The Morgan fingerprint density at radius 2 is 1.67 bits per heavy atom. The number of rotatable bonds is 4. The Balaban J connectivity index is 2.29. The van der Waals surface area contributed by atoms with Gasteiger partial charge < -0.3 is 10.5 Å². The first-order valence-electron chi connectivity index (χ1n) is 4.76. The molecule has 12 heavy (non-hydrogen) atoms. The van der Waals surface area contributed by atoms with E-state index in [0.717, 1.165) is 19.6 Å². The molecular formula is C10H21NO. The third kappa shape index (κ3) is 1.38. The van der Waals surface area contributed by atoms with E-state index < -0.39 is 0 Å². The Morgan fingerprint density at radius 1 is 1.17 bits per heavy atom. The van der Waals surface area contributed by atoms with Gasteiger partial charge in [-0.2, -0.15) is 0 Å². The van der Waals surface area contributed by atoms with E-state index in [2.05, 4.69) is 27.7 Å². The van der Waals surface area contributed by atoms with Gasteiger partial charge in [-0.25, -0.2) is 0 Å². The predicted octanol–water partition coefficient (Wildman–Crippen LogP) is 1.79. The van der Waals surface area contributed by atoms with Gasteiger partial charge in [-0.1, -0.05) is 27.7 Å². The fourth-order valence-electron chi connectivity index (χ4n) is 1.84. The molecule has 1 aliphatic carbocycles. The second kappa shape index (κ2) is 3.00. The van der Waals surface area contributed by atoms with Gasteiger partial charge in [0.05, 0.1) is 6.10 Å². The minimum atomic E-state index is 0.349. The fourth-order valence-corrected chi connectivity index (χ4v) is 1.84. The van der Waals surface area contributed by atoms with Crippen LogP contribution in [0.1, 0.15) is 34.1 Å². The lowest BCUT2D eigenvalue weighted by Gasteiger charge is -2.03. The van der Waals surface area contributed by atoms with E-state index >= 15 is 0 Å². The highest BCUT2D eigenvalue weighted by Crippen LogP contribution is 2.64. The molecular weight excluding hydrogens is 150 g/mol. The van der Waals surface area contributed by atoms with Gasteiger partial charge in [0.2, 0.25) is 0 Å². The molecule has 0 atom stereocenters. The SMILES string of the molecule is CC1(C)C(OCCCN)C1(C)C. The maximum atomic E-state index is 5.74. The van der Waals surface area contributed by atoms with Crippen molar-refractivity contribution in [2.45, 2.75) is 40.2 Å². The van der Waals surface area contributed by atoms with E-state index in [-0.39, 0.29) is 0 Å². The molecule has 72 valence electrons. The molecule has 0 aliphatic heterocycles. The zero-order valence-corrected chi connectivity index (χ0v) is 8.68. The van der Waals surface area contributed by atoms with Crippen molar-refractivity contribution in [3.63, 3.8) is 0 Å². The molecule has 1 rings (SSSR count). The van der Waals surface area contributed by atoms with Crippen LogP contribution in [0.2, 0.25) is 0 Å². The molecule has 0 unspecified atom stereocenters. The monoisotopic (exact) mass is 171 g/mol. The lowest BCUT2D eigenvalue weighted by Crippen LogP contribution is -2.08. The summed E-state index contributed by atoms with van der Waals surface area (Å²) in [5, 5.41) is 0. The predicted molar refractivity (Wildman–Crippen MR) is 51.0 cm³/mol. The van der Waals surface area contributed by atoms with E-state index in [4.69, 9.17) is 10.5 Å². The molecule has 2 nitrogen and oxygen atoms in total. The van der Waals surface area contributed by atoms with E-state index in [1.165, 1.54) is 0 Å². The third-order valence-electron chi connectivity index (χ3n) is 3.52. The Hall–Kier alpha value is -0.0800. The molecule has 1 saturated carbocycles. The minimum absolute atomic E-state index is 0.349. The van der Waals surface area contributed by atoms with E-state index in [9.17, 15) is 0 Å². The molecule has 0 aromatic carbocycles. The summed E-state index contributed by atoms with van der Waals surface area (Å²) in [6.07, 6.45) is 1.40. The van der Waals surface area contributed by atoms with Gasteiger partial charge in [0.25, 0.3) is 0 Å². The van der Waals surface area contributed by atoms with E-state index in [0.29, 0.717) is 16.9 Å². The Bertz CT molecular complexity index is 149. The molecule has 0 saturated heterocycles. The molecule has 0 amide bonds. The summed E-state index contributed by atoms with van der Waals surface area (Å²) in [6, 6.07) is 0. The van der Waals surface area contributed by atoms with Crippen LogP contribution in [0.4, 0.5) is 0 Å². The molecule has 0 aromatic heterocycles. The first-order valence-corrected chi connectivity index (χ1v) is 4.76. The van der Waals surface area contributed by atoms with E-state index in [1.807, 2.05) is 0 Å². The standard InChI is InChI=1S/C10H21NO/c1-9(2)8(10(9,3)4)12-7-5-6-11/h8H,5-7,11H2,1-4H3. The first kappa shape index (κ1) is 10.0. The topological polar surface area (TPSA) is 35.2 Å². The number of hydrogen-bond donors (Lipinski definition) is 1. The van der Waals surface area contributed by atoms with Crippen molar-refractivity contribution in [3.05, 3.63) is 0 Å². The summed E-state index contributed by atoms with van der Waals surface area (Å²) < 4.78 is 5.74. The normalized spacial score (nSPS) is 25.8. The van der Waals surface area contributed by atoms with Gasteiger partial charge in [0, 0.05) is 6.61 Å². The number of ether oxygens (including phenoxy) is 1. The molecule has 0 bridgehead atoms. The Labute approximate surface area is 75.5 Å². The largest absolute Gasteiger partial charge is 0.377 e. The average molecular weight is 171 g/mol. The van der Waals surface area contributed by atoms with Crippen LogP contribution >= 0.6 is 0 Å². The van der Waals surface area contributed by atoms with Crippen LogP contribution in [-0.2, 0) is 4.74 Å². The van der Waals surface area contributed by atoms with Crippen LogP contribution in [0.5, 0.6) is 0 Å². The number of nitrogens with two attached hydrogens (primary N) is 1. The van der Waals surface area contributed by atoms with Crippen LogP contribution in [0.25, 0.3) is 0 Å². The summed E-state index contributed by atoms with van der Waals surface area (Å²) in [4.78, 5) is 0. The molecule has 1 fully saturated rings. The zero-order valence-electron chi connectivity index (χ0n) is 8.68. The van der Waals surface area contributed by atoms with Gasteiger partial charge in [0.1, 0.15) is 0 Å². The lowest BCUT2D eigenvalue weighted by atomic mass is 10.0. The van der Waals surface area contributed by atoms with Crippen LogP contribution in [0, 0.1) is 10.8 Å². The fraction of sp³-hybridized carbons (Fsp3) is 1.00. The molecule has 1 aliphatic rings. The molecule has 2 N–H and O–H groups in total. The van der Waals surface area contributed by atoms with Crippen molar-refractivity contribution in [1.82, 2.24) is 0 Å². The van der Waals surface area contributed by atoms with Crippen LogP contribution in [-0.4, -0.2) is 19.3 Å². The van der Waals surface area contributed by atoms with Gasteiger partial charge in [0.15, 0.2) is 0 Å². The maximum absolute atomic E-state index is 5.74. The maximum Gasteiger partial charge on any atom is 0.0688 e. The van der Waals surface area contributed by atoms with Crippen LogP contribution < -0.4 is 5.73 Å². The van der Waals surface area contributed by atoms with Crippen LogP contribution in [0.15, 0.2) is 0 Å². The molecule has 0 heterocycles. The van der Waals surface area contributed by atoms with Gasteiger partial charge in [-0.3, -0.25) is 0 Å². The molecule has 2 heteroatoms. The van der Waals surface area contributed by atoms with Crippen molar-refractivity contribution < 1.29 is 4.74 Å². The Kier molecular flexibility index (Phi) is 2.50. The highest BCUT2D eigenvalue weighted by Gasteiger charge is 2.65.